The van der Waals surface area contributed by atoms with Gasteiger partial charge in [-0.2, -0.15) is 0 Å². The minimum absolute atomic E-state index is 0.0148. The molecule has 0 spiro atoms. The van der Waals surface area contributed by atoms with Crippen molar-refractivity contribution in [3.8, 4) is 0 Å². The lowest BCUT2D eigenvalue weighted by Crippen LogP contribution is -2.22. The molecule has 0 unspecified atom stereocenters. The quantitative estimate of drug-likeness (QED) is 0.469. The van der Waals surface area contributed by atoms with Crippen LogP contribution in [0.5, 0.6) is 0 Å². The number of rotatable bonds is 6. The van der Waals surface area contributed by atoms with Crippen LogP contribution in [-0.4, -0.2) is 30.8 Å². The van der Waals surface area contributed by atoms with Gasteiger partial charge in [-0.25, -0.2) is 8.42 Å². The van der Waals surface area contributed by atoms with Crippen LogP contribution in [0, 0.1) is 10.1 Å². The van der Waals surface area contributed by atoms with Crippen molar-refractivity contribution in [3.63, 3.8) is 0 Å². The zero-order valence-electron chi connectivity index (χ0n) is 13.5. The van der Waals surface area contributed by atoms with Crippen LogP contribution in [0.25, 0.3) is 0 Å². The molecule has 0 aliphatic carbocycles. The molecule has 132 valence electrons. The Hall–Kier alpha value is -2.39. The van der Waals surface area contributed by atoms with Gasteiger partial charge >= 0.3 is 0 Å². The van der Waals surface area contributed by atoms with Crippen molar-refractivity contribution in [1.82, 2.24) is 0 Å². The summed E-state index contributed by atoms with van der Waals surface area (Å²) in [5, 5.41) is 12.8. The van der Waals surface area contributed by atoms with Crippen LogP contribution in [0.3, 0.4) is 0 Å². The molecule has 0 saturated heterocycles. The summed E-state index contributed by atoms with van der Waals surface area (Å²) in [5.74, 6) is -0.297. The van der Waals surface area contributed by atoms with Gasteiger partial charge in [-0.05, 0) is 37.3 Å². The van der Waals surface area contributed by atoms with Gasteiger partial charge in [0.1, 0.15) is 0 Å². The molecule has 25 heavy (non-hydrogen) atoms. The van der Waals surface area contributed by atoms with Crippen molar-refractivity contribution in [2.24, 2.45) is 0 Å². The van der Waals surface area contributed by atoms with E-state index in [0.717, 1.165) is 11.2 Å². The molecule has 7 nitrogen and oxygen atoms in total. The van der Waals surface area contributed by atoms with Gasteiger partial charge in [-0.1, -0.05) is 6.07 Å². The van der Waals surface area contributed by atoms with E-state index >= 15 is 0 Å². The maximum atomic E-state index is 12.3. The fraction of sp³-hybridized carbons (Fsp3) is 0.188. The molecule has 0 fully saturated rings. The summed E-state index contributed by atoms with van der Waals surface area (Å²) < 4.78 is 23.1. The Kier molecular flexibility index (Phi) is 5.81. The van der Waals surface area contributed by atoms with E-state index in [0.29, 0.717) is 5.69 Å². The van der Waals surface area contributed by atoms with Gasteiger partial charge in [0, 0.05) is 29.0 Å². The molecular weight excluding hydrogens is 364 g/mol. The molecule has 1 N–H and O–H groups in total. The van der Waals surface area contributed by atoms with Crippen molar-refractivity contribution < 1.29 is 18.1 Å². The first-order chi connectivity index (χ1) is 11.7. The summed E-state index contributed by atoms with van der Waals surface area (Å²) in [6.45, 7) is 1.70. The molecule has 0 bridgehead atoms. The molecule has 0 aromatic heterocycles. The number of amides is 1. The molecule has 0 radical (unpaired) electrons. The molecule has 2 aromatic rings. The summed E-state index contributed by atoms with van der Waals surface area (Å²) in [7, 11) is -3.35. The Bertz CT molecular complexity index is 895. The number of hydrogen-bond acceptors (Lipinski definition) is 6. The van der Waals surface area contributed by atoms with Crippen LogP contribution in [0.15, 0.2) is 58.3 Å². The number of nitrogens with zero attached hydrogens (tertiary/aromatic N) is 1. The third-order valence-electron chi connectivity index (χ3n) is 3.26. The normalized spacial score (nSPS) is 12.4. The number of thioether (sulfide) groups is 1. The highest BCUT2D eigenvalue weighted by atomic mass is 32.2. The smallest absolute Gasteiger partial charge is 0.269 e. The fourth-order valence-electron chi connectivity index (χ4n) is 1.95. The third-order valence-corrected chi connectivity index (χ3v) is 5.48. The van der Waals surface area contributed by atoms with E-state index in [2.05, 4.69) is 5.32 Å². The van der Waals surface area contributed by atoms with Crippen molar-refractivity contribution in [2.75, 3.05) is 11.6 Å². The zero-order chi connectivity index (χ0) is 18.6. The Balaban J connectivity index is 2.04. The Morgan fingerprint density at radius 2 is 1.84 bits per heavy atom. The number of anilines is 1. The highest BCUT2D eigenvalue weighted by Crippen LogP contribution is 2.26. The lowest BCUT2D eigenvalue weighted by molar-refractivity contribution is -0.384. The molecule has 1 amide bonds. The Labute approximate surface area is 149 Å². The Morgan fingerprint density at radius 3 is 2.40 bits per heavy atom. The predicted molar refractivity (Wildman–Crippen MR) is 96.6 cm³/mol. The number of benzene rings is 2. The van der Waals surface area contributed by atoms with Crippen molar-refractivity contribution in [3.05, 3.63) is 58.6 Å². The first-order valence-corrected chi connectivity index (χ1v) is 9.96. The highest BCUT2D eigenvalue weighted by Gasteiger charge is 2.16. The van der Waals surface area contributed by atoms with Gasteiger partial charge in [0.15, 0.2) is 9.84 Å². The van der Waals surface area contributed by atoms with Gasteiger partial charge in [0.05, 0.1) is 15.1 Å². The van der Waals surface area contributed by atoms with Crippen LogP contribution in [0.4, 0.5) is 11.4 Å². The van der Waals surface area contributed by atoms with E-state index in [1.165, 1.54) is 36.0 Å². The topological polar surface area (TPSA) is 106 Å². The number of sulfone groups is 1. The molecule has 2 aromatic carbocycles. The van der Waals surface area contributed by atoms with E-state index in [9.17, 15) is 23.3 Å². The number of nitro benzene ring substituents is 1. The number of nitrogens with one attached hydrogen (secondary N) is 1. The van der Waals surface area contributed by atoms with E-state index in [1.807, 2.05) is 0 Å². The summed E-state index contributed by atoms with van der Waals surface area (Å²) in [6.07, 6.45) is 1.10. The van der Waals surface area contributed by atoms with Crippen LogP contribution in [-0.2, 0) is 14.6 Å². The van der Waals surface area contributed by atoms with Crippen LogP contribution >= 0.6 is 11.8 Å². The second-order valence-corrected chi connectivity index (χ2v) is 8.73. The lowest BCUT2D eigenvalue weighted by Gasteiger charge is -2.12. The highest BCUT2D eigenvalue weighted by molar-refractivity contribution is 8.00. The lowest BCUT2D eigenvalue weighted by atomic mass is 10.3. The van der Waals surface area contributed by atoms with E-state index < -0.39 is 20.0 Å². The Morgan fingerprint density at radius 1 is 1.20 bits per heavy atom. The van der Waals surface area contributed by atoms with Gasteiger partial charge in [0.25, 0.3) is 5.69 Å². The third kappa shape index (κ3) is 5.30. The minimum Gasteiger partial charge on any atom is -0.325 e. The first-order valence-electron chi connectivity index (χ1n) is 7.19. The molecule has 0 aliphatic rings. The van der Waals surface area contributed by atoms with Crippen LogP contribution in [0.2, 0.25) is 0 Å². The van der Waals surface area contributed by atoms with Crippen molar-refractivity contribution in [1.29, 1.82) is 0 Å². The fourth-order valence-corrected chi connectivity index (χ4v) is 3.49. The largest absolute Gasteiger partial charge is 0.325 e. The predicted octanol–water partition coefficient (Wildman–Crippen LogP) is 3.12. The second kappa shape index (κ2) is 7.66. The average molecular weight is 380 g/mol. The average Bonchev–Trinajstić information content (AvgIpc) is 2.54. The number of non-ortho nitro benzene ring substituents is 1. The van der Waals surface area contributed by atoms with Gasteiger partial charge in [-0.15, -0.1) is 11.8 Å². The van der Waals surface area contributed by atoms with Crippen molar-refractivity contribution >= 4 is 38.9 Å². The van der Waals surface area contributed by atoms with Gasteiger partial charge in [0.2, 0.25) is 5.91 Å². The van der Waals surface area contributed by atoms with Gasteiger partial charge < -0.3 is 5.32 Å². The van der Waals surface area contributed by atoms with Crippen LogP contribution < -0.4 is 5.32 Å². The summed E-state index contributed by atoms with van der Waals surface area (Å²) in [5.41, 5.74) is 0.378. The maximum absolute atomic E-state index is 12.3. The van der Waals surface area contributed by atoms with E-state index in [1.54, 1.807) is 31.2 Å². The molecule has 2 rings (SSSR count). The summed E-state index contributed by atoms with van der Waals surface area (Å²) in [6, 6.07) is 11.9. The number of hydrogen-bond donors (Lipinski definition) is 1. The monoisotopic (exact) mass is 380 g/mol. The summed E-state index contributed by atoms with van der Waals surface area (Å²) in [4.78, 5) is 23.3. The van der Waals surface area contributed by atoms with Crippen LogP contribution in [0.1, 0.15) is 6.92 Å². The maximum Gasteiger partial charge on any atom is 0.269 e. The standard InChI is InChI=1S/C16H16N2O5S2/c1-11(24-14-8-6-13(7-9-14)18(20)21)16(19)17-12-4-3-5-15(10-12)25(2,22)23/h3-11H,1-2H3,(H,17,19)/t11-/m1/s1. The van der Waals surface area contributed by atoms with E-state index in [-0.39, 0.29) is 16.5 Å². The number of carbonyl (C=O) groups excluding carboxylic acids is 1. The molecule has 0 aliphatic heterocycles. The summed E-state index contributed by atoms with van der Waals surface area (Å²) >= 11 is 1.25. The number of carbonyl (C=O) groups is 1. The second-order valence-electron chi connectivity index (χ2n) is 5.30. The molecular formula is C16H16N2O5S2. The SMILES string of the molecule is C[C@@H](Sc1ccc([N+](=O)[O-])cc1)C(=O)Nc1cccc(S(C)(=O)=O)c1. The molecule has 0 heterocycles. The van der Waals surface area contributed by atoms with Gasteiger partial charge in [-0.3, -0.25) is 14.9 Å². The molecule has 9 heteroatoms. The minimum atomic E-state index is -3.35. The first kappa shape index (κ1) is 18.9. The van der Waals surface area contributed by atoms with E-state index in [4.69, 9.17) is 0 Å². The molecule has 0 saturated carbocycles. The van der Waals surface area contributed by atoms with Crippen molar-refractivity contribution in [2.45, 2.75) is 22.0 Å². The zero-order valence-corrected chi connectivity index (χ0v) is 15.1. The number of nitro groups is 1. The molecule has 1 atom stereocenters.